The van der Waals surface area contributed by atoms with Gasteiger partial charge >= 0.3 is 0 Å². The molecule has 0 aliphatic carbocycles. The molecule has 17 heavy (non-hydrogen) atoms. The molecule has 0 atom stereocenters. The van der Waals surface area contributed by atoms with E-state index in [0.29, 0.717) is 23.7 Å². The highest BCUT2D eigenvalue weighted by Crippen LogP contribution is 2.14. The molecule has 1 N–H and O–H groups in total. The smallest absolute Gasteiger partial charge is 0.129 e. The highest BCUT2D eigenvalue weighted by atomic mass is 35.5. The van der Waals surface area contributed by atoms with E-state index < -0.39 is 0 Å². The number of halogens is 2. The quantitative estimate of drug-likeness (QED) is 0.907. The molecule has 2 rings (SSSR count). The van der Waals surface area contributed by atoms with Crippen molar-refractivity contribution in [3.8, 4) is 0 Å². The summed E-state index contributed by atoms with van der Waals surface area (Å²) in [4.78, 5) is 0. The summed E-state index contributed by atoms with van der Waals surface area (Å²) in [5.41, 5.74) is 1.68. The van der Waals surface area contributed by atoms with E-state index in [9.17, 15) is 4.39 Å². The summed E-state index contributed by atoms with van der Waals surface area (Å²) in [7, 11) is 1.86. The normalized spacial score (nSPS) is 10.8. The molecule has 90 valence electrons. The van der Waals surface area contributed by atoms with Gasteiger partial charge in [-0.1, -0.05) is 17.7 Å². The first kappa shape index (κ1) is 12.1. The zero-order valence-electron chi connectivity index (χ0n) is 9.45. The van der Waals surface area contributed by atoms with Crippen LogP contribution in [0.25, 0.3) is 0 Å². The molecule has 0 aliphatic rings. The SMILES string of the molecule is Cn1cc(CNCc2ccc(Cl)cc2F)cn1. The topological polar surface area (TPSA) is 29.9 Å². The molecule has 0 spiro atoms. The van der Waals surface area contributed by atoms with E-state index in [0.717, 1.165) is 5.56 Å². The molecule has 0 radical (unpaired) electrons. The Morgan fingerprint density at radius 2 is 2.24 bits per heavy atom. The summed E-state index contributed by atoms with van der Waals surface area (Å²) in [6.45, 7) is 1.13. The Morgan fingerprint density at radius 1 is 1.41 bits per heavy atom. The Kier molecular flexibility index (Phi) is 3.76. The Bertz CT molecular complexity index is 510. The van der Waals surface area contributed by atoms with Gasteiger partial charge in [-0.25, -0.2) is 4.39 Å². The third-order valence-corrected chi connectivity index (χ3v) is 2.65. The molecule has 2 aromatic rings. The second kappa shape index (κ2) is 5.29. The maximum Gasteiger partial charge on any atom is 0.129 e. The van der Waals surface area contributed by atoms with E-state index >= 15 is 0 Å². The minimum absolute atomic E-state index is 0.281. The lowest BCUT2D eigenvalue weighted by molar-refractivity contribution is 0.588. The van der Waals surface area contributed by atoms with Crippen LogP contribution in [0.5, 0.6) is 0 Å². The highest BCUT2D eigenvalue weighted by molar-refractivity contribution is 6.30. The lowest BCUT2D eigenvalue weighted by Gasteiger charge is -2.05. The molecule has 0 bridgehead atoms. The van der Waals surface area contributed by atoms with Crippen LogP contribution in [0.3, 0.4) is 0 Å². The summed E-state index contributed by atoms with van der Waals surface area (Å²) in [5, 5.41) is 7.63. The van der Waals surface area contributed by atoms with Gasteiger partial charge in [-0.2, -0.15) is 5.10 Å². The molecule has 0 unspecified atom stereocenters. The van der Waals surface area contributed by atoms with Crippen molar-refractivity contribution in [2.45, 2.75) is 13.1 Å². The first-order valence-electron chi connectivity index (χ1n) is 5.27. The van der Waals surface area contributed by atoms with Gasteiger partial charge in [0.15, 0.2) is 0 Å². The summed E-state index contributed by atoms with van der Waals surface area (Å²) >= 11 is 5.68. The van der Waals surface area contributed by atoms with E-state index in [1.807, 2.05) is 13.2 Å². The van der Waals surface area contributed by atoms with Crippen molar-refractivity contribution in [3.05, 3.63) is 52.6 Å². The van der Waals surface area contributed by atoms with Gasteiger partial charge in [-0.3, -0.25) is 4.68 Å². The standard InChI is InChI=1S/C12H13ClFN3/c1-17-8-9(6-16-17)5-15-7-10-2-3-11(13)4-12(10)14/h2-4,6,8,15H,5,7H2,1H3. The Balaban J connectivity index is 1.90. The molecule has 0 saturated carbocycles. The van der Waals surface area contributed by atoms with Crippen LogP contribution in [0, 0.1) is 5.82 Å². The molecule has 0 saturated heterocycles. The molecular weight excluding hydrogens is 241 g/mol. The predicted molar refractivity (Wildman–Crippen MR) is 65.2 cm³/mol. The van der Waals surface area contributed by atoms with E-state index in [-0.39, 0.29) is 5.82 Å². The largest absolute Gasteiger partial charge is 0.308 e. The number of hydrogen-bond donors (Lipinski definition) is 1. The number of aryl methyl sites for hydroxylation is 1. The van der Waals surface area contributed by atoms with Gasteiger partial charge in [0.2, 0.25) is 0 Å². The van der Waals surface area contributed by atoms with Crippen LogP contribution in [0.2, 0.25) is 5.02 Å². The third kappa shape index (κ3) is 3.28. The van der Waals surface area contributed by atoms with Gasteiger partial charge in [-0.05, 0) is 12.1 Å². The van der Waals surface area contributed by atoms with Crippen molar-refractivity contribution in [1.29, 1.82) is 0 Å². The van der Waals surface area contributed by atoms with E-state index in [4.69, 9.17) is 11.6 Å². The van der Waals surface area contributed by atoms with Gasteiger partial charge < -0.3 is 5.32 Å². The van der Waals surface area contributed by atoms with Crippen molar-refractivity contribution in [3.63, 3.8) is 0 Å². The molecule has 5 heteroatoms. The molecule has 1 heterocycles. The number of hydrogen-bond acceptors (Lipinski definition) is 2. The maximum absolute atomic E-state index is 13.4. The Labute approximate surface area is 104 Å². The van der Waals surface area contributed by atoms with E-state index in [1.54, 1.807) is 23.0 Å². The number of benzene rings is 1. The second-order valence-corrected chi connectivity index (χ2v) is 4.30. The van der Waals surface area contributed by atoms with E-state index in [1.165, 1.54) is 6.07 Å². The van der Waals surface area contributed by atoms with Gasteiger partial charge in [0.1, 0.15) is 5.82 Å². The van der Waals surface area contributed by atoms with Crippen LogP contribution in [0.15, 0.2) is 30.6 Å². The minimum atomic E-state index is -0.281. The fourth-order valence-electron chi connectivity index (χ4n) is 1.57. The van der Waals surface area contributed by atoms with Crippen LogP contribution in [-0.2, 0) is 20.1 Å². The summed E-state index contributed by atoms with van der Waals surface area (Å²) in [6.07, 6.45) is 3.70. The lowest BCUT2D eigenvalue weighted by Crippen LogP contribution is -2.13. The molecular formula is C12H13ClFN3. The summed E-state index contributed by atoms with van der Waals surface area (Å²) in [6, 6.07) is 4.70. The Hall–Kier alpha value is -1.39. The van der Waals surface area contributed by atoms with Crippen LogP contribution >= 0.6 is 11.6 Å². The molecule has 1 aromatic heterocycles. The van der Waals surface area contributed by atoms with Crippen molar-refractivity contribution < 1.29 is 4.39 Å². The number of aromatic nitrogens is 2. The zero-order chi connectivity index (χ0) is 12.3. The molecule has 1 aromatic carbocycles. The molecule has 0 amide bonds. The second-order valence-electron chi connectivity index (χ2n) is 3.86. The van der Waals surface area contributed by atoms with Crippen LogP contribution < -0.4 is 5.32 Å². The zero-order valence-corrected chi connectivity index (χ0v) is 10.2. The first-order chi connectivity index (χ1) is 8.15. The first-order valence-corrected chi connectivity index (χ1v) is 5.65. The van der Waals surface area contributed by atoms with Crippen molar-refractivity contribution in [1.82, 2.24) is 15.1 Å². The molecule has 0 aliphatic heterocycles. The monoisotopic (exact) mass is 253 g/mol. The van der Waals surface area contributed by atoms with Crippen molar-refractivity contribution >= 4 is 11.6 Å². The Morgan fingerprint density at radius 3 is 2.88 bits per heavy atom. The van der Waals surface area contributed by atoms with Crippen LogP contribution in [0.1, 0.15) is 11.1 Å². The van der Waals surface area contributed by atoms with Crippen molar-refractivity contribution in [2.75, 3.05) is 0 Å². The average Bonchev–Trinajstić information content (AvgIpc) is 2.68. The predicted octanol–water partition coefficient (Wildman–Crippen LogP) is 2.50. The summed E-state index contributed by atoms with van der Waals surface area (Å²) < 4.78 is 15.2. The fourth-order valence-corrected chi connectivity index (χ4v) is 1.73. The lowest BCUT2D eigenvalue weighted by atomic mass is 10.2. The van der Waals surface area contributed by atoms with Gasteiger partial charge in [0.25, 0.3) is 0 Å². The van der Waals surface area contributed by atoms with Gasteiger partial charge in [0, 0.05) is 42.5 Å². The number of nitrogens with zero attached hydrogens (tertiary/aromatic N) is 2. The number of nitrogens with one attached hydrogen (secondary N) is 1. The minimum Gasteiger partial charge on any atom is -0.308 e. The summed E-state index contributed by atoms with van der Waals surface area (Å²) in [5.74, 6) is -0.281. The van der Waals surface area contributed by atoms with E-state index in [2.05, 4.69) is 10.4 Å². The molecule has 0 fully saturated rings. The van der Waals surface area contributed by atoms with Crippen LogP contribution in [0.4, 0.5) is 4.39 Å². The third-order valence-electron chi connectivity index (χ3n) is 2.42. The maximum atomic E-state index is 13.4. The fraction of sp³-hybridized carbons (Fsp3) is 0.250. The van der Waals surface area contributed by atoms with Gasteiger partial charge in [0.05, 0.1) is 6.20 Å². The average molecular weight is 254 g/mol. The highest BCUT2D eigenvalue weighted by Gasteiger charge is 2.02. The molecule has 3 nitrogen and oxygen atoms in total. The van der Waals surface area contributed by atoms with Crippen LogP contribution in [-0.4, -0.2) is 9.78 Å². The van der Waals surface area contributed by atoms with Gasteiger partial charge in [-0.15, -0.1) is 0 Å². The number of rotatable bonds is 4. The van der Waals surface area contributed by atoms with Crippen molar-refractivity contribution in [2.24, 2.45) is 7.05 Å².